The summed E-state index contributed by atoms with van der Waals surface area (Å²) in [4.78, 5) is 0. The highest BCUT2D eigenvalue weighted by Crippen LogP contribution is 2.38. The molecular weight excluding hydrogens is 297 g/mol. The van der Waals surface area contributed by atoms with Crippen LogP contribution in [0, 0.1) is 12.7 Å². The molecule has 0 atom stereocenters. The minimum Gasteiger partial charge on any atom is -0.493 e. The van der Waals surface area contributed by atoms with Crippen molar-refractivity contribution < 1.29 is 18.6 Å². The van der Waals surface area contributed by atoms with Crippen LogP contribution in [0.4, 0.5) is 4.39 Å². The molecule has 0 aliphatic carbocycles. The molecule has 2 aromatic carbocycles. The standard InChI is InChI=1S/C18H22FNO3/c1-12-7-15(19)6-5-14(12)11-20-10-13-8-16(21-2)18(23-4)17(9-13)22-3/h5-9,20H,10-11H2,1-4H3. The van der Waals surface area contributed by atoms with E-state index in [9.17, 15) is 4.39 Å². The van der Waals surface area contributed by atoms with Gasteiger partial charge in [-0.2, -0.15) is 0 Å². The average Bonchev–Trinajstić information content (AvgIpc) is 2.55. The van der Waals surface area contributed by atoms with E-state index in [1.54, 1.807) is 27.4 Å². The van der Waals surface area contributed by atoms with Gasteiger partial charge in [0.25, 0.3) is 0 Å². The lowest BCUT2D eigenvalue weighted by atomic mass is 10.1. The van der Waals surface area contributed by atoms with Crippen LogP contribution in [0.25, 0.3) is 0 Å². The van der Waals surface area contributed by atoms with E-state index in [1.165, 1.54) is 12.1 Å². The Morgan fingerprint density at radius 1 is 0.913 bits per heavy atom. The number of hydrogen-bond acceptors (Lipinski definition) is 4. The highest BCUT2D eigenvalue weighted by Gasteiger charge is 2.13. The summed E-state index contributed by atoms with van der Waals surface area (Å²) in [5.74, 6) is 1.62. The van der Waals surface area contributed by atoms with Gasteiger partial charge in [-0.15, -0.1) is 0 Å². The number of aryl methyl sites for hydroxylation is 1. The van der Waals surface area contributed by atoms with Crippen molar-refractivity contribution in [3.8, 4) is 17.2 Å². The van der Waals surface area contributed by atoms with Crippen molar-refractivity contribution in [1.82, 2.24) is 5.32 Å². The average molecular weight is 319 g/mol. The molecule has 124 valence electrons. The van der Waals surface area contributed by atoms with Gasteiger partial charge in [-0.05, 0) is 47.9 Å². The molecule has 2 aromatic rings. The van der Waals surface area contributed by atoms with Crippen LogP contribution >= 0.6 is 0 Å². The summed E-state index contributed by atoms with van der Waals surface area (Å²) in [6, 6.07) is 8.63. The second-order valence-electron chi connectivity index (χ2n) is 5.21. The van der Waals surface area contributed by atoms with Crippen molar-refractivity contribution in [1.29, 1.82) is 0 Å². The fraction of sp³-hybridized carbons (Fsp3) is 0.333. The molecule has 0 radical (unpaired) electrons. The first-order valence-electron chi connectivity index (χ1n) is 7.33. The molecule has 0 heterocycles. The summed E-state index contributed by atoms with van der Waals surface area (Å²) in [6.07, 6.45) is 0. The van der Waals surface area contributed by atoms with Crippen LogP contribution in [0.3, 0.4) is 0 Å². The Bertz CT molecular complexity index is 648. The number of rotatable bonds is 7. The van der Waals surface area contributed by atoms with Gasteiger partial charge in [-0.25, -0.2) is 4.39 Å². The molecule has 0 aliphatic rings. The van der Waals surface area contributed by atoms with Crippen LogP contribution in [0.2, 0.25) is 0 Å². The van der Waals surface area contributed by atoms with Crippen LogP contribution in [0.1, 0.15) is 16.7 Å². The monoisotopic (exact) mass is 319 g/mol. The third-order valence-corrected chi connectivity index (χ3v) is 3.67. The lowest BCUT2D eigenvalue weighted by Gasteiger charge is -2.14. The maximum absolute atomic E-state index is 13.1. The van der Waals surface area contributed by atoms with Gasteiger partial charge in [0, 0.05) is 13.1 Å². The minimum atomic E-state index is -0.212. The Hall–Kier alpha value is -2.27. The predicted octanol–water partition coefficient (Wildman–Crippen LogP) is 3.45. The predicted molar refractivity (Wildman–Crippen MR) is 87.8 cm³/mol. The second-order valence-corrected chi connectivity index (χ2v) is 5.21. The van der Waals surface area contributed by atoms with Gasteiger partial charge in [-0.1, -0.05) is 6.07 Å². The molecule has 0 fully saturated rings. The van der Waals surface area contributed by atoms with E-state index in [4.69, 9.17) is 14.2 Å². The van der Waals surface area contributed by atoms with Crippen molar-refractivity contribution in [2.24, 2.45) is 0 Å². The Labute approximate surface area is 136 Å². The van der Waals surface area contributed by atoms with Crippen molar-refractivity contribution >= 4 is 0 Å². The first-order chi connectivity index (χ1) is 11.1. The third-order valence-electron chi connectivity index (χ3n) is 3.67. The van der Waals surface area contributed by atoms with Gasteiger partial charge in [0.15, 0.2) is 11.5 Å². The van der Waals surface area contributed by atoms with E-state index in [0.29, 0.717) is 30.3 Å². The molecule has 0 aliphatic heterocycles. The van der Waals surface area contributed by atoms with E-state index in [1.807, 2.05) is 19.1 Å². The van der Waals surface area contributed by atoms with Crippen LogP contribution < -0.4 is 19.5 Å². The topological polar surface area (TPSA) is 39.7 Å². The normalized spacial score (nSPS) is 10.5. The maximum atomic E-state index is 13.1. The van der Waals surface area contributed by atoms with Gasteiger partial charge in [0.1, 0.15) is 5.82 Å². The summed E-state index contributed by atoms with van der Waals surface area (Å²) in [6.45, 7) is 3.19. The first-order valence-corrected chi connectivity index (χ1v) is 7.33. The highest BCUT2D eigenvalue weighted by molar-refractivity contribution is 5.53. The second kappa shape index (κ2) is 7.83. The lowest BCUT2D eigenvalue weighted by molar-refractivity contribution is 0.323. The molecule has 0 spiro atoms. The molecule has 1 N–H and O–H groups in total. The summed E-state index contributed by atoms with van der Waals surface area (Å²) >= 11 is 0. The quantitative estimate of drug-likeness (QED) is 0.848. The molecule has 0 saturated carbocycles. The van der Waals surface area contributed by atoms with Gasteiger partial charge in [0.05, 0.1) is 21.3 Å². The maximum Gasteiger partial charge on any atom is 0.203 e. The minimum absolute atomic E-state index is 0.212. The van der Waals surface area contributed by atoms with E-state index < -0.39 is 0 Å². The van der Waals surface area contributed by atoms with E-state index in [0.717, 1.165) is 16.7 Å². The number of methoxy groups -OCH3 is 3. The van der Waals surface area contributed by atoms with Crippen molar-refractivity contribution in [3.63, 3.8) is 0 Å². The Morgan fingerprint density at radius 3 is 2.09 bits per heavy atom. The molecule has 0 unspecified atom stereocenters. The largest absolute Gasteiger partial charge is 0.493 e. The molecule has 0 saturated heterocycles. The van der Waals surface area contributed by atoms with Gasteiger partial charge in [-0.3, -0.25) is 0 Å². The number of hydrogen-bond donors (Lipinski definition) is 1. The molecule has 0 aromatic heterocycles. The molecule has 23 heavy (non-hydrogen) atoms. The van der Waals surface area contributed by atoms with E-state index >= 15 is 0 Å². The molecule has 0 bridgehead atoms. The molecule has 5 heteroatoms. The van der Waals surface area contributed by atoms with Gasteiger partial charge in [0.2, 0.25) is 5.75 Å². The van der Waals surface area contributed by atoms with Crippen molar-refractivity contribution in [3.05, 3.63) is 52.8 Å². The van der Waals surface area contributed by atoms with E-state index in [-0.39, 0.29) is 5.82 Å². The number of nitrogens with one attached hydrogen (secondary N) is 1. The zero-order chi connectivity index (χ0) is 16.8. The van der Waals surface area contributed by atoms with Gasteiger partial charge < -0.3 is 19.5 Å². The number of benzene rings is 2. The summed E-state index contributed by atoms with van der Waals surface area (Å²) in [5.41, 5.74) is 3.01. The molecule has 0 amide bonds. The first kappa shape index (κ1) is 17.1. The Morgan fingerprint density at radius 2 is 1.57 bits per heavy atom. The Balaban J connectivity index is 2.08. The fourth-order valence-electron chi connectivity index (χ4n) is 2.44. The molecular formula is C18H22FNO3. The zero-order valence-corrected chi connectivity index (χ0v) is 13.9. The number of ether oxygens (including phenoxy) is 3. The highest BCUT2D eigenvalue weighted by atomic mass is 19.1. The SMILES string of the molecule is COc1cc(CNCc2ccc(F)cc2C)cc(OC)c1OC. The van der Waals surface area contributed by atoms with Crippen molar-refractivity contribution in [2.75, 3.05) is 21.3 Å². The molecule has 4 nitrogen and oxygen atoms in total. The van der Waals surface area contributed by atoms with Crippen molar-refractivity contribution in [2.45, 2.75) is 20.0 Å². The smallest absolute Gasteiger partial charge is 0.203 e. The van der Waals surface area contributed by atoms with E-state index in [2.05, 4.69) is 5.32 Å². The summed E-state index contributed by atoms with van der Waals surface area (Å²) in [7, 11) is 4.77. The molecule has 2 rings (SSSR count). The lowest BCUT2D eigenvalue weighted by Crippen LogP contribution is -2.14. The van der Waals surface area contributed by atoms with Crippen LogP contribution in [-0.2, 0) is 13.1 Å². The van der Waals surface area contributed by atoms with Crippen LogP contribution in [0.15, 0.2) is 30.3 Å². The van der Waals surface area contributed by atoms with Crippen LogP contribution in [0.5, 0.6) is 17.2 Å². The van der Waals surface area contributed by atoms with Gasteiger partial charge >= 0.3 is 0 Å². The zero-order valence-electron chi connectivity index (χ0n) is 13.9. The Kier molecular flexibility index (Phi) is 5.82. The fourth-order valence-corrected chi connectivity index (χ4v) is 2.44. The number of halogens is 1. The summed E-state index contributed by atoms with van der Waals surface area (Å²) in [5, 5.41) is 3.34. The van der Waals surface area contributed by atoms with Crippen LogP contribution in [-0.4, -0.2) is 21.3 Å². The summed E-state index contributed by atoms with van der Waals surface area (Å²) < 4.78 is 29.1. The third kappa shape index (κ3) is 4.13.